The molecule has 0 spiro atoms. The van der Waals surface area contributed by atoms with Crippen LogP contribution in [0.4, 0.5) is 5.69 Å². The van der Waals surface area contributed by atoms with Crippen LogP contribution >= 0.6 is 11.8 Å². The quantitative estimate of drug-likeness (QED) is 0.313. The van der Waals surface area contributed by atoms with Crippen LogP contribution in [0.3, 0.4) is 0 Å². The molecule has 0 saturated carbocycles. The molecular weight excluding hydrogens is 446 g/mol. The maximum Gasteiger partial charge on any atom is 0.251 e. The van der Waals surface area contributed by atoms with E-state index in [0.29, 0.717) is 29.0 Å². The third-order valence-corrected chi connectivity index (χ3v) is 6.27. The number of anilines is 1. The number of carbonyl (C=O) groups is 2. The van der Waals surface area contributed by atoms with Gasteiger partial charge >= 0.3 is 0 Å². The van der Waals surface area contributed by atoms with Crippen LogP contribution in [-0.2, 0) is 11.3 Å². The zero-order valence-corrected chi connectivity index (χ0v) is 20.9. The number of aryl methyl sites for hydroxylation is 1. The van der Waals surface area contributed by atoms with Crippen molar-refractivity contribution < 1.29 is 9.59 Å². The van der Waals surface area contributed by atoms with Crippen LogP contribution in [0, 0.1) is 6.92 Å². The van der Waals surface area contributed by atoms with E-state index in [4.69, 9.17) is 0 Å². The molecule has 2 aromatic carbocycles. The van der Waals surface area contributed by atoms with Crippen LogP contribution in [0.15, 0.2) is 66.3 Å². The molecule has 1 aromatic heterocycles. The summed E-state index contributed by atoms with van der Waals surface area (Å²) in [5.41, 5.74) is 3.66. The average molecular weight is 478 g/mol. The first kappa shape index (κ1) is 25.2. The third-order valence-electron chi connectivity index (χ3n) is 5.30. The van der Waals surface area contributed by atoms with Gasteiger partial charge in [-0.1, -0.05) is 61.5 Å². The van der Waals surface area contributed by atoms with E-state index in [9.17, 15) is 9.59 Å². The number of aromatic nitrogens is 3. The van der Waals surface area contributed by atoms with Gasteiger partial charge in [0.15, 0.2) is 11.0 Å². The molecule has 1 heterocycles. The largest absolute Gasteiger partial charge is 0.342 e. The average Bonchev–Trinajstić information content (AvgIpc) is 3.21. The number of benzene rings is 2. The number of thioether (sulfide) groups is 1. The Morgan fingerprint density at radius 1 is 1.06 bits per heavy atom. The van der Waals surface area contributed by atoms with E-state index in [-0.39, 0.29) is 23.6 Å². The second-order valence-corrected chi connectivity index (χ2v) is 9.36. The molecule has 2 N–H and O–H groups in total. The molecular formula is C26H31N5O2S. The summed E-state index contributed by atoms with van der Waals surface area (Å²) >= 11 is 1.29. The van der Waals surface area contributed by atoms with Gasteiger partial charge in [0.25, 0.3) is 5.91 Å². The monoisotopic (exact) mass is 477 g/mol. The summed E-state index contributed by atoms with van der Waals surface area (Å²) in [4.78, 5) is 25.1. The Balaban J connectivity index is 1.63. The van der Waals surface area contributed by atoms with Crippen LogP contribution < -0.4 is 10.6 Å². The van der Waals surface area contributed by atoms with Crippen molar-refractivity contribution in [3.05, 3.63) is 83.7 Å². The highest BCUT2D eigenvalue weighted by molar-refractivity contribution is 7.99. The highest BCUT2D eigenvalue weighted by atomic mass is 32.2. The first-order valence-electron chi connectivity index (χ1n) is 11.2. The fourth-order valence-electron chi connectivity index (χ4n) is 3.36. The van der Waals surface area contributed by atoms with Crippen molar-refractivity contribution in [2.45, 2.75) is 51.4 Å². The Bertz CT molecular complexity index is 1140. The third kappa shape index (κ3) is 6.57. The SMILES string of the molecule is C=CCn1c(SCC(=O)Nc2ccc(C(C)C)cc2)nnc1[C@@H](C)NC(=O)c1ccc(C)cc1. The summed E-state index contributed by atoms with van der Waals surface area (Å²) in [5, 5.41) is 15.0. The maximum atomic E-state index is 12.6. The van der Waals surface area contributed by atoms with Gasteiger partial charge in [-0.15, -0.1) is 16.8 Å². The summed E-state index contributed by atoms with van der Waals surface area (Å²) in [6.45, 7) is 12.4. The molecule has 0 saturated heterocycles. The summed E-state index contributed by atoms with van der Waals surface area (Å²) in [5.74, 6) is 0.920. The first-order chi connectivity index (χ1) is 16.3. The van der Waals surface area contributed by atoms with Crippen molar-refractivity contribution in [2.75, 3.05) is 11.1 Å². The lowest BCUT2D eigenvalue weighted by molar-refractivity contribution is -0.113. The van der Waals surface area contributed by atoms with E-state index >= 15 is 0 Å². The highest BCUT2D eigenvalue weighted by Gasteiger charge is 2.20. The van der Waals surface area contributed by atoms with Crippen molar-refractivity contribution in [1.29, 1.82) is 0 Å². The molecule has 8 heteroatoms. The van der Waals surface area contributed by atoms with Crippen molar-refractivity contribution in [2.24, 2.45) is 0 Å². The Labute approximate surface area is 205 Å². The highest BCUT2D eigenvalue weighted by Crippen LogP contribution is 2.22. The lowest BCUT2D eigenvalue weighted by atomic mass is 10.0. The topological polar surface area (TPSA) is 88.9 Å². The van der Waals surface area contributed by atoms with Gasteiger partial charge in [-0.25, -0.2) is 0 Å². The number of nitrogens with one attached hydrogen (secondary N) is 2. The number of amides is 2. The standard InChI is InChI=1S/C26H31N5O2S/c1-6-15-31-24(19(5)27-25(33)21-9-7-18(4)8-10-21)29-30-26(31)34-16-23(32)28-22-13-11-20(12-14-22)17(2)3/h6-14,17,19H,1,15-16H2,2-5H3,(H,27,33)(H,28,32)/t19-/m1/s1. The molecule has 0 bridgehead atoms. The molecule has 0 aliphatic carbocycles. The number of hydrogen-bond acceptors (Lipinski definition) is 5. The minimum absolute atomic E-state index is 0.127. The first-order valence-corrected chi connectivity index (χ1v) is 12.2. The molecule has 0 aliphatic heterocycles. The van der Waals surface area contributed by atoms with Crippen LogP contribution in [0.5, 0.6) is 0 Å². The zero-order valence-electron chi connectivity index (χ0n) is 20.0. The van der Waals surface area contributed by atoms with Crippen LogP contribution in [0.1, 0.15) is 60.0 Å². The molecule has 0 aliphatic rings. The summed E-state index contributed by atoms with van der Waals surface area (Å²) < 4.78 is 1.86. The van der Waals surface area contributed by atoms with Gasteiger partial charge in [-0.2, -0.15) is 0 Å². The van der Waals surface area contributed by atoms with Crippen LogP contribution in [0.25, 0.3) is 0 Å². The molecule has 178 valence electrons. The van der Waals surface area contributed by atoms with Crippen LogP contribution in [0.2, 0.25) is 0 Å². The Kier molecular flexibility index (Phi) is 8.65. The van der Waals surface area contributed by atoms with Gasteiger partial charge in [0.05, 0.1) is 11.8 Å². The lowest BCUT2D eigenvalue weighted by Gasteiger charge is -2.15. The van der Waals surface area contributed by atoms with E-state index in [1.165, 1.54) is 17.3 Å². The number of carbonyl (C=O) groups excluding carboxylic acids is 2. The van der Waals surface area contributed by atoms with E-state index in [0.717, 1.165) is 11.3 Å². The van der Waals surface area contributed by atoms with Gasteiger partial charge in [0, 0.05) is 17.8 Å². The Hall–Kier alpha value is -3.39. The van der Waals surface area contributed by atoms with Gasteiger partial charge in [0.2, 0.25) is 5.91 Å². The Morgan fingerprint density at radius 3 is 2.35 bits per heavy atom. The second kappa shape index (κ2) is 11.7. The molecule has 0 unspecified atom stereocenters. The molecule has 3 rings (SSSR count). The Morgan fingerprint density at radius 2 is 1.74 bits per heavy atom. The molecule has 0 fully saturated rings. The smallest absolute Gasteiger partial charge is 0.251 e. The van der Waals surface area contributed by atoms with Gasteiger partial charge < -0.3 is 15.2 Å². The fraction of sp³-hybridized carbons (Fsp3) is 0.308. The molecule has 3 aromatic rings. The molecule has 34 heavy (non-hydrogen) atoms. The van der Waals surface area contributed by atoms with E-state index in [2.05, 4.69) is 41.3 Å². The molecule has 7 nitrogen and oxygen atoms in total. The van der Waals surface area contributed by atoms with Gasteiger partial charge in [-0.05, 0) is 49.6 Å². The zero-order chi connectivity index (χ0) is 24.7. The number of nitrogens with zero attached hydrogens (tertiary/aromatic N) is 3. The molecule has 1 atom stereocenters. The van der Waals surface area contributed by atoms with Crippen molar-refractivity contribution >= 4 is 29.3 Å². The summed E-state index contributed by atoms with van der Waals surface area (Å²) in [6, 6.07) is 14.9. The number of allylic oxidation sites excluding steroid dienone is 1. The lowest BCUT2D eigenvalue weighted by Crippen LogP contribution is -2.28. The summed E-state index contributed by atoms with van der Waals surface area (Å²) in [6.07, 6.45) is 1.74. The molecule has 0 radical (unpaired) electrons. The number of hydrogen-bond donors (Lipinski definition) is 2. The predicted molar refractivity (Wildman–Crippen MR) is 137 cm³/mol. The minimum atomic E-state index is -0.371. The van der Waals surface area contributed by atoms with Crippen LogP contribution in [-0.4, -0.2) is 32.3 Å². The van der Waals surface area contributed by atoms with Crippen molar-refractivity contribution in [3.63, 3.8) is 0 Å². The maximum absolute atomic E-state index is 12.6. The summed E-state index contributed by atoms with van der Waals surface area (Å²) in [7, 11) is 0. The second-order valence-electron chi connectivity index (χ2n) is 8.41. The fourth-order valence-corrected chi connectivity index (χ4v) is 4.11. The predicted octanol–water partition coefficient (Wildman–Crippen LogP) is 5.12. The van der Waals surface area contributed by atoms with E-state index < -0.39 is 0 Å². The number of rotatable bonds is 10. The van der Waals surface area contributed by atoms with E-state index in [1.807, 2.05) is 54.8 Å². The normalized spacial score (nSPS) is 11.8. The van der Waals surface area contributed by atoms with E-state index in [1.54, 1.807) is 18.2 Å². The van der Waals surface area contributed by atoms with Gasteiger partial charge in [0.1, 0.15) is 0 Å². The van der Waals surface area contributed by atoms with Crippen molar-refractivity contribution in [1.82, 2.24) is 20.1 Å². The van der Waals surface area contributed by atoms with Gasteiger partial charge in [-0.3, -0.25) is 9.59 Å². The molecule has 2 amide bonds. The van der Waals surface area contributed by atoms with Crippen molar-refractivity contribution in [3.8, 4) is 0 Å². The minimum Gasteiger partial charge on any atom is -0.342 e.